The first-order valence-corrected chi connectivity index (χ1v) is 6.01. The molecule has 0 fully saturated rings. The Morgan fingerprint density at radius 2 is 2.00 bits per heavy atom. The molecule has 1 aromatic carbocycles. The number of carboxylic acid groups (broad SMARTS) is 1. The zero-order valence-electron chi connectivity index (χ0n) is 11.0. The summed E-state index contributed by atoms with van der Waals surface area (Å²) in [5.74, 6) is -1.05. The summed E-state index contributed by atoms with van der Waals surface area (Å²) < 4.78 is 1.77. The second-order valence-corrected chi connectivity index (χ2v) is 4.69. The van der Waals surface area contributed by atoms with E-state index in [-0.39, 0.29) is 6.54 Å². The summed E-state index contributed by atoms with van der Waals surface area (Å²) in [6.07, 6.45) is 1.62. The first-order valence-electron chi connectivity index (χ1n) is 6.01. The van der Waals surface area contributed by atoms with E-state index in [2.05, 4.69) is 4.98 Å². The van der Waals surface area contributed by atoms with Gasteiger partial charge < -0.3 is 15.4 Å². The van der Waals surface area contributed by atoms with E-state index in [0.717, 1.165) is 11.4 Å². The molecule has 100 valence electrons. The van der Waals surface area contributed by atoms with Gasteiger partial charge in [-0.2, -0.15) is 0 Å². The number of nitrogens with two attached hydrogens (primary N) is 1. The van der Waals surface area contributed by atoms with Crippen LogP contribution in [-0.4, -0.2) is 20.6 Å². The predicted molar refractivity (Wildman–Crippen MR) is 71.6 cm³/mol. The molecule has 2 rings (SSSR count). The van der Waals surface area contributed by atoms with E-state index in [1.165, 1.54) is 0 Å². The van der Waals surface area contributed by atoms with Crippen LogP contribution in [0.15, 0.2) is 36.7 Å². The average molecular weight is 259 g/mol. The van der Waals surface area contributed by atoms with Crippen LogP contribution in [0.2, 0.25) is 0 Å². The van der Waals surface area contributed by atoms with Crippen molar-refractivity contribution in [3.8, 4) is 0 Å². The van der Waals surface area contributed by atoms with Crippen LogP contribution < -0.4 is 5.73 Å². The fraction of sp³-hybridized carbons (Fsp3) is 0.286. The van der Waals surface area contributed by atoms with Crippen LogP contribution in [0.5, 0.6) is 0 Å². The lowest BCUT2D eigenvalue weighted by molar-refractivity contribution is -0.144. The fourth-order valence-corrected chi connectivity index (χ4v) is 1.99. The molecule has 0 aliphatic rings. The van der Waals surface area contributed by atoms with E-state index in [9.17, 15) is 9.90 Å². The molecule has 0 aliphatic heterocycles. The monoisotopic (exact) mass is 259 g/mol. The van der Waals surface area contributed by atoms with Crippen LogP contribution in [0, 0.1) is 13.8 Å². The van der Waals surface area contributed by atoms with Gasteiger partial charge in [0.2, 0.25) is 0 Å². The maximum Gasteiger partial charge on any atom is 0.330 e. The Bertz CT molecular complexity index is 592. The fourth-order valence-electron chi connectivity index (χ4n) is 1.99. The number of imidazole rings is 1. The highest BCUT2D eigenvalue weighted by Crippen LogP contribution is 2.22. The Balaban J connectivity index is 2.42. The average Bonchev–Trinajstić information content (AvgIpc) is 2.71. The van der Waals surface area contributed by atoms with Crippen LogP contribution in [0.3, 0.4) is 0 Å². The van der Waals surface area contributed by atoms with Gasteiger partial charge in [-0.1, -0.05) is 30.3 Å². The molecular weight excluding hydrogens is 242 g/mol. The molecule has 1 unspecified atom stereocenters. The van der Waals surface area contributed by atoms with Crippen molar-refractivity contribution in [1.29, 1.82) is 0 Å². The second-order valence-electron chi connectivity index (χ2n) is 4.69. The molecule has 0 amide bonds. The molecule has 19 heavy (non-hydrogen) atoms. The van der Waals surface area contributed by atoms with Crippen molar-refractivity contribution < 1.29 is 9.90 Å². The Kier molecular flexibility index (Phi) is 3.40. The number of aliphatic carboxylic acids is 1. The largest absolute Gasteiger partial charge is 0.480 e. The van der Waals surface area contributed by atoms with Gasteiger partial charge in [0.15, 0.2) is 5.54 Å². The zero-order valence-corrected chi connectivity index (χ0v) is 11.0. The third-order valence-corrected chi connectivity index (χ3v) is 3.44. The lowest BCUT2D eigenvalue weighted by atomic mass is 9.91. The lowest BCUT2D eigenvalue weighted by Crippen LogP contribution is -2.48. The topological polar surface area (TPSA) is 81.1 Å². The number of aryl methyl sites for hydroxylation is 1. The lowest BCUT2D eigenvalue weighted by Gasteiger charge is -2.26. The maximum absolute atomic E-state index is 11.6. The standard InChI is InChI=1S/C14H17N3O2/c1-10-11(2)17(9-16-10)8-14(15,13(18)19)12-6-4-3-5-7-12/h3-7,9H,8,15H2,1-2H3,(H,18,19). The minimum atomic E-state index is -1.46. The normalized spacial score (nSPS) is 14.1. The summed E-state index contributed by atoms with van der Waals surface area (Å²) >= 11 is 0. The molecule has 0 radical (unpaired) electrons. The molecule has 2 aromatic rings. The number of rotatable bonds is 4. The van der Waals surface area contributed by atoms with Crippen LogP contribution in [-0.2, 0) is 16.9 Å². The van der Waals surface area contributed by atoms with E-state index >= 15 is 0 Å². The Morgan fingerprint density at radius 1 is 1.37 bits per heavy atom. The minimum absolute atomic E-state index is 0.152. The summed E-state index contributed by atoms with van der Waals surface area (Å²) in [5, 5.41) is 9.49. The molecular formula is C14H17N3O2. The summed E-state index contributed by atoms with van der Waals surface area (Å²) in [5.41, 5.74) is 7.04. The highest BCUT2D eigenvalue weighted by Gasteiger charge is 2.36. The first kappa shape index (κ1) is 13.3. The van der Waals surface area contributed by atoms with Crippen LogP contribution in [0.25, 0.3) is 0 Å². The number of carboxylic acids is 1. The first-order chi connectivity index (χ1) is 8.95. The molecule has 0 bridgehead atoms. The predicted octanol–water partition coefficient (Wildman–Crippen LogP) is 1.44. The van der Waals surface area contributed by atoms with Crippen molar-refractivity contribution in [2.24, 2.45) is 5.73 Å². The summed E-state index contributed by atoms with van der Waals surface area (Å²) in [6, 6.07) is 8.86. The number of carbonyl (C=O) groups is 1. The van der Waals surface area contributed by atoms with Crippen LogP contribution in [0.1, 0.15) is 17.0 Å². The summed E-state index contributed by atoms with van der Waals surface area (Å²) in [4.78, 5) is 15.8. The van der Waals surface area contributed by atoms with E-state index < -0.39 is 11.5 Å². The van der Waals surface area contributed by atoms with Gasteiger partial charge in [-0.05, 0) is 19.4 Å². The minimum Gasteiger partial charge on any atom is -0.480 e. The number of aromatic nitrogens is 2. The third-order valence-electron chi connectivity index (χ3n) is 3.44. The van der Waals surface area contributed by atoms with Crippen LogP contribution >= 0.6 is 0 Å². The van der Waals surface area contributed by atoms with Crippen molar-refractivity contribution in [2.75, 3.05) is 0 Å². The van der Waals surface area contributed by atoms with E-state index in [1.54, 1.807) is 35.2 Å². The van der Waals surface area contributed by atoms with Gasteiger partial charge in [0, 0.05) is 5.69 Å². The quantitative estimate of drug-likeness (QED) is 0.870. The van der Waals surface area contributed by atoms with Crippen LogP contribution in [0.4, 0.5) is 0 Å². The molecule has 0 aliphatic carbocycles. The van der Waals surface area contributed by atoms with Gasteiger partial charge in [-0.3, -0.25) is 0 Å². The summed E-state index contributed by atoms with van der Waals surface area (Å²) in [6.45, 7) is 3.93. The van der Waals surface area contributed by atoms with Crippen molar-refractivity contribution in [1.82, 2.24) is 9.55 Å². The smallest absolute Gasteiger partial charge is 0.330 e. The third kappa shape index (κ3) is 2.37. The molecule has 0 saturated carbocycles. The molecule has 5 nitrogen and oxygen atoms in total. The Hall–Kier alpha value is -2.14. The number of hydrogen-bond donors (Lipinski definition) is 2. The summed E-state index contributed by atoms with van der Waals surface area (Å²) in [7, 11) is 0. The van der Waals surface area contributed by atoms with Gasteiger partial charge >= 0.3 is 5.97 Å². The second kappa shape index (κ2) is 4.85. The number of nitrogens with zero attached hydrogens (tertiary/aromatic N) is 2. The number of hydrogen-bond acceptors (Lipinski definition) is 3. The van der Waals surface area contributed by atoms with E-state index in [1.807, 2.05) is 19.9 Å². The van der Waals surface area contributed by atoms with Crippen molar-refractivity contribution in [3.05, 3.63) is 53.6 Å². The van der Waals surface area contributed by atoms with Crippen molar-refractivity contribution in [2.45, 2.75) is 25.9 Å². The Morgan fingerprint density at radius 3 is 2.47 bits per heavy atom. The highest BCUT2D eigenvalue weighted by atomic mass is 16.4. The van der Waals surface area contributed by atoms with E-state index in [4.69, 9.17) is 5.73 Å². The Labute approximate surface area is 111 Å². The van der Waals surface area contributed by atoms with Gasteiger partial charge in [0.05, 0.1) is 18.6 Å². The van der Waals surface area contributed by atoms with Gasteiger partial charge in [0.25, 0.3) is 0 Å². The zero-order chi connectivity index (χ0) is 14.0. The molecule has 1 aromatic heterocycles. The highest BCUT2D eigenvalue weighted by molar-refractivity contribution is 5.80. The molecule has 0 spiro atoms. The van der Waals surface area contributed by atoms with Gasteiger partial charge in [0.1, 0.15) is 0 Å². The molecule has 3 N–H and O–H groups in total. The molecule has 1 heterocycles. The molecule has 5 heteroatoms. The SMILES string of the molecule is Cc1ncn(CC(N)(C(=O)O)c2ccccc2)c1C. The molecule has 1 atom stereocenters. The van der Waals surface area contributed by atoms with Crippen molar-refractivity contribution in [3.63, 3.8) is 0 Å². The van der Waals surface area contributed by atoms with Gasteiger partial charge in [-0.15, -0.1) is 0 Å². The molecule has 0 saturated heterocycles. The maximum atomic E-state index is 11.6. The number of benzene rings is 1. The van der Waals surface area contributed by atoms with Crippen molar-refractivity contribution >= 4 is 5.97 Å². The van der Waals surface area contributed by atoms with Gasteiger partial charge in [-0.25, -0.2) is 9.78 Å². The van der Waals surface area contributed by atoms with E-state index in [0.29, 0.717) is 5.56 Å².